The largest absolute Gasteiger partial charge is 0.496 e. The minimum Gasteiger partial charge on any atom is -0.496 e. The van der Waals surface area contributed by atoms with Crippen LogP contribution in [0.1, 0.15) is 10.4 Å². The molecule has 0 amide bonds. The normalized spacial score (nSPS) is 10.3. The zero-order valence-electron chi connectivity index (χ0n) is 8.48. The van der Waals surface area contributed by atoms with Crippen LogP contribution in [0.4, 0.5) is 0 Å². The number of pyridine rings is 1. The topological polar surface area (TPSA) is 79.4 Å². The summed E-state index contributed by atoms with van der Waals surface area (Å²) in [6.07, 6.45) is 1.18. The van der Waals surface area contributed by atoms with Crippen molar-refractivity contribution in [2.75, 3.05) is 7.11 Å². The van der Waals surface area contributed by atoms with E-state index in [2.05, 4.69) is 4.98 Å². The quantitative estimate of drug-likeness (QED) is 0.796. The van der Waals surface area contributed by atoms with Gasteiger partial charge in [-0.1, -0.05) is 6.07 Å². The second-order valence-corrected chi connectivity index (χ2v) is 3.22. The number of carboxylic acids is 1. The fourth-order valence-electron chi connectivity index (χ4n) is 1.62. The molecule has 1 aromatic heterocycles. The van der Waals surface area contributed by atoms with Crippen LogP contribution >= 0.6 is 0 Å². The van der Waals surface area contributed by atoms with Crippen molar-refractivity contribution in [2.45, 2.75) is 0 Å². The van der Waals surface area contributed by atoms with Crippen LogP contribution in [0.25, 0.3) is 10.8 Å². The van der Waals surface area contributed by atoms with Gasteiger partial charge in [-0.3, -0.25) is 4.79 Å². The lowest BCUT2D eigenvalue weighted by molar-refractivity contribution is 0.0698. The van der Waals surface area contributed by atoms with Crippen molar-refractivity contribution < 1.29 is 14.6 Å². The number of rotatable bonds is 2. The molecule has 82 valence electrons. The molecule has 16 heavy (non-hydrogen) atoms. The van der Waals surface area contributed by atoms with E-state index in [-0.39, 0.29) is 11.1 Å². The highest BCUT2D eigenvalue weighted by molar-refractivity contribution is 6.05. The first-order valence-electron chi connectivity index (χ1n) is 4.57. The van der Waals surface area contributed by atoms with E-state index in [1.165, 1.54) is 13.3 Å². The number of hydrogen-bond acceptors (Lipinski definition) is 3. The van der Waals surface area contributed by atoms with Crippen LogP contribution in [0.5, 0.6) is 5.75 Å². The van der Waals surface area contributed by atoms with E-state index in [4.69, 9.17) is 9.84 Å². The standard InChI is InChI=1S/C11H9NO4/c1-16-8-4-2-3-6-9(8)7(11(14)15)5-12-10(6)13/h2-5H,1H3,(H,12,13)(H,14,15). The van der Waals surface area contributed by atoms with E-state index in [1.807, 2.05) is 0 Å². The maximum absolute atomic E-state index is 11.5. The highest BCUT2D eigenvalue weighted by Gasteiger charge is 2.14. The number of H-pyrrole nitrogens is 1. The first kappa shape index (κ1) is 10.2. The number of carboxylic acid groups (broad SMARTS) is 1. The van der Waals surface area contributed by atoms with Crippen molar-refractivity contribution >= 4 is 16.7 Å². The molecule has 2 N–H and O–H groups in total. The summed E-state index contributed by atoms with van der Waals surface area (Å²) >= 11 is 0. The van der Waals surface area contributed by atoms with Gasteiger partial charge in [0.05, 0.1) is 18.1 Å². The average molecular weight is 219 g/mol. The van der Waals surface area contributed by atoms with E-state index in [1.54, 1.807) is 18.2 Å². The molecule has 1 heterocycles. The summed E-state index contributed by atoms with van der Waals surface area (Å²) in [5.74, 6) is -0.730. The van der Waals surface area contributed by atoms with Crippen molar-refractivity contribution in [3.8, 4) is 5.75 Å². The number of methoxy groups -OCH3 is 1. The molecular formula is C11H9NO4. The summed E-state index contributed by atoms with van der Waals surface area (Å²) in [6, 6.07) is 4.82. The Kier molecular flexibility index (Phi) is 2.36. The molecular weight excluding hydrogens is 210 g/mol. The number of nitrogens with one attached hydrogen (secondary N) is 1. The molecule has 0 aliphatic rings. The Bertz CT molecular complexity index is 615. The highest BCUT2D eigenvalue weighted by atomic mass is 16.5. The molecule has 0 bridgehead atoms. The van der Waals surface area contributed by atoms with Crippen molar-refractivity contribution in [1.82, 2.24) is 4.98 Å². The van der Waals surface area contributed by atoms with Gasteiger partial charge in [-0.15, -0.1) is 0 Å². The minimum absolute atomic E-state index is 0.0204. The maximum Gasteiger partial charge on any atom is 0.337 e. The van der Waals surface area contributed by atoms with Gasteiger partial charge in [-0.05, 0) is 12.1 Å². The molecule has 0 fully saturated rings. The Labute approximate surface area is 90.3 Å². The molecule has 0 radical (unpaired) electrons. The third kappa shape index (κ3) is 1.42. The first-order valence-corrected chi connectivity index (χ1v) is 4.57. The fourth-order valence-corrected chi connectivity index (χ4v) is 1.62. The Morgan fingerprint density at radius 2 is 2.19 bits per heavy atom. The average Bonchev–Trinajstić information content (AvgIpc) is 2.28. The Morgan fingerprint density at radius 3 is 2.81 bits per heavy atom. The summed E-state index contributed by atoms with van der Waals surface area (Å²) in [5.41, 5.74) is -0.314. The molecule has 0 aliphatic heterocycles. The van der Waals surface area contributed by atoms with Crippen LogP contribution in [0.15, 0.2) is 29.2 Å². The van der Waals surface area contributed by atoms with E-state index >= 15 is 0 Å². The molecule has 0 spiro atoms. The van der Waals surface area contributed by atoms with E-state index < -0.39 is 5.97 Å². The smallest absolute Gasteiger partial charge is 0.337 e. The van der Waals surface area contributed by atoms with Crippen molar-refractivity contribution in [3.63, 3.8) is 0 Å². The number of aromatic amines is 1. The molecule has 0 aliphatic carbocycles. The Balaban J connectivity index is 2.99. The van der Waals surface area contributed by atoms with Crippen LogP contribution in [0.3, 0.4) is 0 Å². The zero-order chi connectivity index (χ0) is 11.7. The van der Waals surface area contributed by atoms with Crippen molar-refractivity contribution in [1.29, 1.82) is 0 Å². The number of ether oxygens (including phenoxy) is 1. The number of hydrogen-bond donors (Lipinski definition) is 2. The highest BCUT2D eigenvalue weighted by Crippen LogP contribution is 2.25. The van der Waals surface area contributed by atoms with E-state index in [9.17, 15) is 9.59 Å². The molecule has 0 unspecified atom stereocenters. The number of benzene rings is 1. The van der Waals surface area contributed by atoms with Crippen LogP contribution in [-0.4, -0.2) is 23.2 Å². The second kappa shape index (κ2) is 3.69. The van der Waals surface area contributed by atoms with Gasteiger partial charge in [0.25, 0.3) is 5.56 Å². The maximum atomic E-state index is 11.5. The van der Waals surface area contributed by atoms with Gasteiger partial charge in [-0.25, -0.2) is 4.79 Å². The lowest BCUT2D eigenvalue weighted by Crippen LogP contribution is -2.10. The van der Waals surface area contributed by atoms with Gasteiger partial charge in [0.1, 0.15) is 5.75 Å². The molecule has 2 aromatic rings. The number of aromatic nitrogens is 1. The first-order chi connectivity index (χ1) is 7.65. The third-order valence-electron chi connectivity index (χ3n) is 2.34. The lowest BCUT2D eigenvalue weighted by atomic mass is 10.1. The van der Waals surface area contributed by atoms with E-state index in [0.717, 1.165) is 0 Å². The minimum atomic E-state index is -1.11. The summed E-state index contributed by atoms with van der Waals surface area (Å²) in [4.78, 5) is 24.9. The zero-order valence-corrected chi connectivity index (χ0v) is 8.48. The number of carbonyl (C=O) groups is 1. The van der Waals surface area contributed by atoms with Crippen LogP contribution in [0.2, 0.25) is 0 Å². The Morgan fingerprint density at radius 1 is 1.44 bits per heavy atom. The molecule has 5 heteroatoms. The monoisotopic (exact) mass is 219 g/mol. The van der Waals surface area contributed by atoms with Crippen LogP contribution in [-0.2, 0) is 0 Å². The summed E-state index contributed by atoms with van der Waals surface area (Å²) in [6.45, 7) is 0. The summed E-state index contributed by atoms with van der Waals surface area (Å²) < 4.78 is 5.06. The molecule has 0 saturated carbocycles. The molecule has 0 atom stereocenters. The van der Waals surface area contributed by atoms with Crippen molar-refractivity contribution in [3.05, 3.63) is 40.3 Å². The third-order valence-corrected chi connectivity index (χ3v) is 2.34. The van der Waals surface area contributed by atoms with Gasteiger partial charge >= 0.3 is 5.97 Å². The second-order valence-electron chi connectivity index (χ2n) is 3.22. The van der Waals surface area contributed by atoms with Gasteiger partial charge in [0.2, 0.25) is 0 Å². The fraction of sp³-hybridized carbons (Fsp3) is 0.0909. The lowest BCUT2D eigenvalue weighted by Gasteiger charge is -2.06. The predicted octanol–water partition coefficient (Wildman–Crippen LogP) is 1.23. The summed E-state index contributed by atoms with van der Waals surface area (Å²) in [7, 11) is 1.43. The SMILES string of the molecule is COc1cccc2c(=O)[nH]cc(C(=O)O)c12. The molecule has 2 rings (SSSR count). The summed E-state index contributed by atoms with van der Waals surface area (Å²) in [5, 5.41) is 9.64. The van der Waals surface area contributed by atoms with Crippen LogP contribution in [0, 0.1) is 0 Å². The van der Waals surface area contributed by atoms with Crippen molar-refractivity contribution in [2.24, 2.45) is 0 Å². The van der Waals surface area contributed by atoms with Gasteiger partial charge in [0.15, 0.2) is 0 Å². The molecule has 5 nitrogen and oxygen atoms in total. The van der Waals surface area contributed by atoms with Gasteiger partial charge in [-0.2, -0.15) is 0 Å². The van der Waals surface area contributed by atoms with Gasteiger partial charge in [0, 0.05) is 11.6 Å². The number of fused-ring (bicyclic) bond motifs is 1. The van der Waals surface area contributed by atoms with Gasteiger partial charge < -0.3 is 14.8 Å². The number of aromatic carboxylic acids is 1. The Hall–Kier alpha value is -2.30. The van der Waals surface area contributed by atoms with E-state index in [0.29, 0.717) is 16.5 Å². The van der Waals surface area contributed by atoms with Crippen LogP contribution < -0.4 is 10.3 Å². The molecule has 0 saturated heterocycles. The predicted molar refractivity (Wildman–Crippen MR) is 58.1 cm³/mol. The molecule has 1 aromatic carbocycles.